The van der Waals surface area contributed by atoms with E-state index < -0.39 is 48.4 Å². The third-order valence-electron chi connectivity index (χ3n) is 1.59. The van der Waals surface area contributed by atoms with E-state index in [1.807, 2.05) is 0 Å². The Bertz CT molecular complexity index is 512. The van der Waals surface area contributed by atoms with Gasteiger partial charge in [0, 0.05) is 0 Å². The van der Waals surface area contributed by atoms with Crippen LogP contribution in [0.15, 0.2) is 0 Å². The minimum absolute atomic E-state index is 0.0869. The second-order valence-electron chi connectivity index (χ2n) is 3.54. The molecule has 24 heavy (non-hydrogen) atoms. The highest BCUT2D eigenvalue weighted by molar-refractivity contribution is 7.66. The molecule has 0 aliphatic heterocycles. The first-order valence-electron chi connectivity index (χ1n) is 5.18. The van der Waals surface area contributed by atoms with Crippen molar-refractivity contribution >= 4 is 29.8 Å². The first-order valence-corrected chi connectivity index (χ1v) is 9.70. The van der Waals surface area contributed by atoms with Crippen LogP contribution in [0.4, 0.5) is 0 Å². The van der Waals surface area contributed by atoms with Crippen LogP contribution in [-0.2, 0) is 31.8 Å². The van der Waals surface area contributed by atoms with Crippen LogP contribution < -0.4 is 0 Å². The number of aldehydes is 1. The normalized spacial score (nSPS) is 20.5. The van der Waals surface area contributed by atoms with E-state index in [1.54, 1.807) is 0 Å². The zero-order chi connectivity index (χ0) is 19.8. The molecule has 0 aliphatic carbocycles. The molecule has 0 aromatic carbocycles. The van der Waals surface area contributed by atoms with Crippen molar-refractivity contribution in [2.24, 2.45) is 0 Å². The number of carbonyl (C=O) groups excluding carboxylic acids is 1. The lowest BCUT2D eigenvalue weighted by molar-refractivity contribution is -0.157. The molecule has 0 saturated carbocycles. The van der Waals surface area contributed by atoms with Crippen LogP contribution >= 0.6 is 23.5 Å². The van der Waals surface area contributed by atoms with Crippen LogP contribution in [0.1, 0.15) is 0 Å². The van der Waals surface area contributed by atoms with Crippen molar-refractivity contribution in [3.8, 4) is 0 Å². The smallest absolute Gasteiger partial charge is 0.394 e. The van der Waals surface area contributed by atoms with E-state index in [-0.39, 0.29) is 6.29 Å². The molecule has 0 rings (SSSR count). The van der Waals surface area contributed by atoms with E-state index in [0.717, 1.165) is 0 Å². The van der Waals surface area contributed by atoms with E-state index >= 15 is 0 Å². The monoisotopic (exact) mass is 424 g/mol. The number of phosphoric acid groups is 3. The average molecular weight is 424 g/mol. The third kappa shape index (κ3) is 13.2. The van der Waals surface area contributed by atoms with Gasteiger partial charge in [-0.05, 0) is 0 Å². The number of aliphatic hydroxyl groups is 4. The molecule has 0 fully saturated rings. The summed E-state index contributed by atoms with van der Waals surface area (Å²) in [5.41, 5.74) is 0. The maximum atomic E-state index is 10.5. The van der Waals surface area contributed by atoms with E-state index in [0.29, 0.717) is 0 Å². The number of hydrogen-bond acceptors (Lipinski definition) is 12. The number of aliphatic hydroxyl groups excluding tert-OH is 4. The maximum Gasteiger partial charge on any atom is 0.508 e. The van der Waals surface area contributed by atoms with Gasteiger partial charge in [-0.25, -0.2) is 19.0 Å². The van der Waals surface area contributed by atoms with Gasteiger partial charge >= 0.3 is 23.5 Å². The topological polar surface area (TPSA) is 278 Å². The summed E-state index contributed by atoms with van der Waals surface area (Å²) >= 11 is 0. The molecule has 0 aromatic heterocycles. The highest BCUT2D eigenvalue weighted by Crippen LogP contribution is 2.65. The summed E-state index contributed by atoms with van der Waals surface area (Å²) in [5.74, 6) is 0. The molecule has 0 radical (unpaired) electrons. The summed E-state index contributed by atoms with van der Waals surface area (Å²) in [4.78, 5) is 42.5. The van der Waals surface area contributed by atoms with Crippen molar-refractivity contribution in [2.45, 2.75) is 18.3 Å². The Labute approximate surface area is 132 Å². The van der Waals surface area contributed by atoms with Gasteiger partial charge in [0.15, 0.2) is 6.29 Å². The van der Waals surface area contributed by atoms with Crippen LogP contribution in [0.2, 0.25) is 0 Å². The van der Waals surface area contributed by atoms with E-state index in [1.165, 1.54) is 0 Å². The largest absolute Gasteiger partial charge is 0.508 e. The third-order valence-corrected chi connectivity index (χ3v) is 5.12. The van der Waals surface area contributed by atoms with Gasteiger partial charge in [-0.15, -0.1) is 4.67 Å². The lowest BCUT2D eigenvalue weighted by atomic mass is 10.1. The molecular formula is C5H15O16P3. The molecule has 0 amide bonds. The molecule has 9 N–H and O–H groups in total. The zero-order valence-corrected chi connectivity index (χ0v) is 13.9. The molecule has 0 saturated heterocycles. The standard InChI is InChI=1S/C5H10O5.H5O11P3/c6-1-3(8)5(10)4(9)2-7;1-9-13(5,6)11-14(7,8)10-12(2,3)4/h1,3-5,7-10H,2H2;1H,(H,5,6)(H,7,8)(H2,2,3,4). The molecule has 5 atom stereocenters. The van der Waals surface area contributed by atoms with Crippen molar-refractivity contribution in [1.29, 1.82) is 0 Å². The molecule has 0 bridgehead atoms. The lowest BCUT2D eigenvalue weighted by Crippen LogP contribution is -2.40. The fourth-order valence-electron chi connectivity index (χ4n) is 0.711. The van der Waals surface area contributed by atoms with Crippen molar-refractivity contribution in [3.05, 3.63) is 0 Å². The molecule has 16 nitrogen and oxygen atoms in total. The van der Waals surface area contributed by atoms with Crippen molar-refractivity contribution < 1.29 is 77.0 Å². The van der Waals surface area contributed by atoms with Crippen LogP contribution in [0.5, 0.6) is 0 Å². The Morgan fingerprint density at radius 2 is 1.38 bits per heavy atom. The van der Waals surface area contributed by atoms with Crippen molar-refractivity contribution in [2.75, 3.05) is 6.61 Å². The Morgan fingerprint density at radius 3 is 1.67 bits per heavy atom. The molecule has 146 valence electrons. The van der Waals surface area contributed by atoms with Crippen LogP contribution in [0.3, 0.4) is 0 Å². The first-order chi connectivity index (χ1) is 10.6. The molecule has 0 heterocycles. The van der Waals surface area contributed by atoms with Crippen LogP contribution in [0.25, 0.3) is 0 Å². The summed E-state index contributed by atoms with van der Waals surface area (Å²) in [6.07, 6.45) is -4.63. The Morgan fingerprint density at radius 1 is 0.917 bits per heavy atom. The predicted octanol–water partition coefficient (Wildman–Crippen LogP) is -2.94. The van der Waals surface area contributed by atoms with Gasteiger partial charge < -0.3 is 44.8 Å². The van der Waals surface area contributed by atoms with Gasteiger partial charge in [0.05, 0.1) is 6.61 Å². The number of hydrogen-bond donors (Lipinski definition) is 9. The van der Waals surface area contributed by atoms with E-state index in [2.05, 4.69) is 13.3 Å². The highest BCUT2D eigenvalue weighted by atomic mass is 31.3. The molecule has 0 aromatic rings. The average Bonchev–Trinajstić information content (AvgIpc) is 2.41. The van der Waals surface area contributed by atoms with Gasteiger partial charge in [-0.3, -0.25) is 0 Å². The fraction of sp³-hybridized carbons (Fsp3) is 0.800. The second kappa shape index (κ2) is 10.8. The van der Waals surface area contributed by atoms with Gasteiger partial charge in [-0.2, -0.15) is 8.62 Å². The van der Waals surface area contributed by atoms with Crippen LogP contribution in [0, 0.1) is 0 Å². The first kappa shape index (κ1) is 26.1. The van der Waals surface area contributed by atoms with Crippen molar-refractivity contribution in [1.82, 2.24) is 0 Å². The number of rotatable bonds is 9. The summed E-state index contributed by atoms with van der Waals surface area (Å²) in [6.45, 7) is -0.688. The minimum atomic E-state index is -5.51. The summed E-state index contributed by atoms with van der Waals surface area (Å²) < 4.78 is 39.8. The van der Waals surface area contributed by atoms with Crippen LogP contribution in [-0.4, -0.2) is 76.5 Å². The van der Waals surface area contributed by atoms with E-state index in [9.17, 15) is 18.5 Å². The molecule has 5 unspecified atom stereocenters. The molecule has 0 spiro atoms. The Balaban J connectivity index is 0. The van der Waals surface area contributed by atoms with E-state index in [4.69, 9.17) is 45.3 Å². The fourth-order valence-corrected chi connectivity index (χ4v) is 3.34. The Hall–Kier alpha value is -0.120. The minimum Gasteiger partial charge on any atom is -0.394 e. The molecular weight excluding hydrogens is 409 g/mol. The highest BCUT2D eigenvalue weighted by Gasteiger charge is 2.40. The summed E-state index contributed by atoms with van der Waals surface area (Å²) in [7, 11) is -16.2. The Kier molecular flexibility index (Phi) is 11.7. The second-order valence-corrected chi connectivity index (χ2v) is 7.86. The maximum absolute atomic E-state index is 10.5. The quantitative estimate of drug-likeness (QED) is 0.0774. The van der Waals surface area contributed by atoms with Gasteiger partial charge in [-0.1, -0.05) is 0 Å². The summed E-state index contributed by atoms with van der Waals surface area (Å²) in [5, 5.41) is 41.7. The summed E-state index contributed by atoms with van der Waals surface area (Å²) in [6, 6.07) is 0. The molecule has 0 aliphatic rings. The van der Waals surface area contributed by atoms with Gasteiger partial charge in [0.2, 0.25) is 0 Å². The SMILES string of the molecule is O=CC(O)C(O)C(O)CO.O=P(O)(O)OP(=O)(O)OP(=O)(O)OO. The van der Waals surface area contributed by atoms with Crippen molar-refractivity contribution in [3.63, 3.8) is 0 Å². The molecule has 19 heteroatoms. The lowest BCUT2D eigenvalue weighted by Gasteiger charge is -2.16. The van der Waals surface area contributed by atoms with Gasteiger partial charge in [0.25, 0.3) is 0 Å². The number of carbonyl (C=O) groups is 1. The zero-order valence-electron chi connectivity index (χ0n) is 11.2. The predicted molar refractivity (Wildman–Crippen MR) is 68.7 cm³/mol. The van der Waals surface area contributed by atoms with Gasteiger partial charge in [0.1, 0.15) is 18.3 Å².